The van der Waals surface area contributed by atoms with Crippen LogP contribution >= 0.6 is 0 Å². The fourth-order valence-corrected chi connectivity index (χ4v) is 3.46. The predicted octanol–water partition coefficient (Wildman–Crippen LogP) is 1.34. The number of hydrogen-bond acceptors (Lipinski definition) is 4. The monoisotopic (exact) mass is 272 g/mol. The lowest BCUT2D eigenvalue weighted by Gasteiger charge is -2.33. The molecule has 1 fully saturated rings. The Kier molecular flexibility index (Phi) is 6.74. The lowest BCUT2D eigenvalue weighted by molar-refractivity contribution is 0.0390. The van der Waals surface area contributed by atoms with Gasteiger partial charge in [0.2, 0.25) is 0 Å². The van der Waals surface area contributed by atoms with E-state index in [4.69, 9.17) is 4.74 Å². The summed E-state index contributed by atoms with van der Waals surface area (Å²) in [5.41, 5.74) is 0.382. The maximum absolute atomic E-state index is 9.78. The molecule has 0 aromatic heterocycles. The molecule has 1 aliphatic rings. The van der Waals surface area contributed by atoms with Gasteiger partial charge in [0.1, 0.15) is 0 Å². The lowest BCUT2D eigenvalue weighted by Crippen LogP contribution is -2.46. The van der Waals surface area contributed by atoms with E-state index in [9.17, 15) is 5.11 Å². The summed E-state index contributed by atoms with van der Waals surface area (Å²) in [5, 5.41) is 13.4. The molecule has 0 saturated heterocycles. The molecule has 0 amide bonds. The lowest BCUT2D eigenvalue weighted by atomic mass is 9.84. The van der Waals surface area contributed by atoms with E-state index in [1.165, 1.54) is 12.8 Å². The van der Waals surface area contributed by atoms with E-state index in [2.05, 4.69) is 38.0 Å². The fourth-order valence-electron chi connectivity index (χ4n) is 3.46. The molecule has 0 radical (unpaired) electrons. The number of ether oxygens (including phenoxy) is 1. The van der Waals surface area contributed by atoms with Gasteiger partial charge in [0.05, 0.1) is 12.7 Å². The van der Waals surface area contributed by atoms with Gasteiger partial charge in [0.25, 0.3) is 0 Å². The third kappa shape index (κ3) is 5.03. The third-order valence-electron chi connectivity index (χ3n) is 4.32. The average molecular weight is 272 g/mol. The largest absolute Gasteiger partial charge is 0.389 e. The van der Waals surface area contributed by atoms with E-state index in [0.29, 0.717) is 30.5 Å². The zero-order valence-corrected chi connectivity index (χ0v) is 13.3. The second-order valence-corrected chi connectivity index (χ2v) is 6.65. The van der Waals surface area contributed by atoms with E-state index in [-0.39, 0.29) is 6.10 Å². The van der Waals surface area contributed by atoms with Crippen molar-refractivity contribution >= 4 is 0 Å². The van der Waals surface area contributed by atoms with Crippen molar-refractivity contribution in [1.29, 1.82) is 0 Å². The number of likely N-dealkylation sites (N-methyl/N-ethyl adjacent to an activating group) is 1. The Hall–Kier alpha value is -0.160. The van der Waals surface area contributed by atoms with Crippen LogP contribution in [0.4, 0.5) is 0 Å². The summed E-state index contributed by atoms with van der Waals surface area (Å²) < 4.78 is 4.98. The van der Waals surface area contributed by atoms with E-state index < -0.39 is 0 Å². The molecule has 0 aromatic rings. The molecule has 0 heterocycles. The van der Waals surface area contributed by atoms with Crippen molar-refractivity contribution in [3.8, 4) is 0 Å². The minimum atomic E-state index is -0.387. The summed E-state index contributed by atoms with van der Waals surface area (Å²) in [6, 6.07) is 0.583. The molecular weight excluding hydrogens is 240 g/mol. The molecule has 19 heavy (non-hydrogen) atoms. The van der Waals surface area contributed by atoms with E-state index in [1.54, 1.807) is 7.11 Å². The molecule has 0 aromatic carbocycles. The zero-order valence-electron chi connectivity index (χ0n) is 13.3. The van der Waals surface area contributed by atoms with E-state index in [0.717, 1.165) is 13.1 Å². The van der Waals surface area contributed by atoms with Gasteiger partial charge in [0.15, 0.2) is 0 Å². The summed E-state index contributed by atoms with van der Waals surface area (Å²) in [6.45, 7) is 10.1. The Morgan fingerprint density at radius 3 is 2.74 bits per heavy atom. The Morgan fingerprint density at radius 2 is 2.16 bits per heavy atom. The first-order valence-corrected chi connectivity index (χ1v) is 7.49. The second-order valence-electron chi connectivity index (χ2n) is 6.65. The average Bonchev–Trinajstić information content (AvgIpc) is 2.57. The van der Waals surface area contributed by atoms with Crippen molar-refractivity contribution in [2.24, 2.45) is 11.3 Å². The molecule has 114 valence electrons. The van der Waals surface area contributed by atoms with Crippen molar-refractivity contribution < 1.29 is 9.84 Å². The van der Waals surface area contributed by atoms with E-state index in [1.807, 2.05) is 0 Å². The van der Waals surface area contributed by atoms with Crippen LogP contribution in [0.2, 0.25) is 0 Å². The first kappa shape index (κ1) is 16.9. The number of nitrogens with zero attached hydrogens (tertiary/aromatic N) is 1. The summed E-state index contributed by atoms with van der Waals surface area (Å²) in [6.07, 6.45) is 2.17. The molecule has 0 spiro atoms. The number of aliphatic hydroxyl groups is 1. The summed E-state index contributed by atoms with van der Waals surface area (Å²) >= 11 is 0. The SMILES string of the molecule is CCNC1C(CN(C)CC(O)COC)CCC1(C)C. The Labute approximate surface area is 118 Å². The highest BCUT2D eigenvalue weighted by Gasteiger charge is 2.41. The van der Waals surface area contributed by atoms with Gasteiger partial charge in [-0.15, -0.1) is 0 Å². The number of aliphatic hydroxyl groups excluding tert-OH is 1. The van der Waals surface area contributed by atoms with Gasteiger partial charge in [0, 0.05) is 26.2 Å². The Morgan fingerprint density at radius 1 is 1.47 bits per heavy atom. The molecule has 4 nitrogen and oxygen atoms in total. The van der Waals surface area contributed by atoms with Gasteiger partial charge >= 0.3 is 0 Å². The fraction of sp³-hybridized carbons (Fsp3) is 1.00. The van der Waals surface area contributed by atoms with Gasteiger partial charge < -0.3 is 20.1 Å². The Bertz CT molecular complexity index is 259. The predicted molar refractivity (Wildman–Crippen MR) is 79.3 cm³/mol. The van der Waals surface area contributed by atoms with Gasteiger partial charge in [-0.3, -0.25) is 0 Å². The number of rotatable bonds is 8. The summed E-state index contributed by atoms with van der Waals surface area (Å²) in [7, 11) is 3.72. The molecule has 4 heteroatoms. The maximum Gasteiger partial charge on any atom is 0.0899 e. The van der Waals surface area contributed by atoms with Gasteiger partial charge in [-0.05, 0) is 37.8 Å². The highest BCUT2D eigenvalue weighted by molar-refractivity contribution is 4.96. The molecule has 1 aliphatic carbocycles. The normalized spacial score (nSPS) is 27.9. The van der Waals surface area contributed by atoms with Crippen molar-refractivity contribution in [3.05, 3.63) is 0 Å². The molecule has 0 aliphatic heterocycles. The van der Waals surface area contributed by atoms with Crippen LogP contribution in [0.25, 0.3) is 0 Å². The maximum atomic E-state index is 9.78. The molecular formula is C15H32N2O2. The summed E-state index contributed by atoms with van der Waals surface area (Å²) in [5.74, 6) is 0.676. The van der Waals surface area contributed by atoms with Crippen LogP contribution in [0.3, 0.4) is 0 Å². The number of hydrogen-bond donors (Lipinski definition) is 2. The van der Waals surface area contributed by atoms with Gasteiger partial charge in [-0.25, -0.2) is 0 Å². The van der Waals surface area contributed by atoms with Gasteiger partial charge in [-0.1, -0.05) is 20.8 Å². The number of methoxy groups -OCH3 is 1. The zero-order chi connectivity index (χ0) is 14.5. The van der Waals surface area contributed by atoms with Crippen LogP contribution in [0.1, 0.15) is 33.6 Å². The molecule has 1 rings (SSSR count). The van der Waals surface area contributed by atoms with Crippen LogP contribution in [0.15, 0.2) is 0 Å². The Balaban J connectivity index is 2.46. The van der Waals surface area contributed by atoms with Crippen molar-refractivity contribution in [2.45, 2.75) is 45.8 Å². The van der Waals surface area contributed by atoms with Crippen LogP contribution in [-0.2, 0) is 4.74 Å². The quantitative estimate of drug-likeness (QED) is 0.700. The third-order valence-corrected chi connectivity index (χ3v) is 4.32. The minimum Gasteiger partial charge on any atom is -0.389 e. The number of nitrogens with one attached hydrogen (secondary N) is 1. The molecule has 0 bridgehead atoms. The van der Waals surface area contributed by atoms with Crippen LogP contribution in [0, 0.1) is 11.3 Å². The molecule has 1 saturated carbocycles. The standard InChI is InChI=1S/C15H32N2O2/c1-6-16-14-12(7-8-15(14,2)3)9-17(4)10-13(18)11-19-5/h12-14,16,18H,6-11H2,1-5H3. The van der Waals surface area contributed by atoms with Crippen molar-refractivity contribution in [3.63, 3.8) is 0 Å². The first-order chi connectivity index (χ1) is 8.90. The van der Waals surface area contributed by atoms with Crippen LogP contribution in [-0.4, -0.2) is 62.6 Å². The first-order valence-electron chi connectivity index (χ1n) is 7.49. The van der Waals surface area contributed by atoms with Crippen LogP contribution in [0.5, 0.6) is 0 Å². The molecule has 2 N–H and O–H groups in total. The van der Waals surface area contributed by atoms with Crippen molar-refractivity contribution in [1.82, 2.24) is 10.2 Å². The van der Waals surface area contributed by atoms with Crippen LogP contribution < -0.4 is 5.32 Å². The summed E-state index contributed by atoms with van der Waals surface area (Å²) in [4.78, 5) is 2.24. The van der Waals surface area contributed by atoms with Crippen molar-refractivity contribution in [2.75, 3.05) is 40.4 Å². The molecule has 3 atom stereocenters. The highest BCUT2D eigenvalue weighted by Crippen LogP contribution is 2.41. The highest BCUT2D eigenvalue weighted by atomic mass is 16.5. The topological polar surface area (TPSA) is 44.7 Å². The molecule has 3 unspecified atom stereocenters. The minimum absolute atomic E-state index is 0.382. The second kappa shape index (κ2) is 7.58. The van der Waals surface area contributed by atoms with Gasteiger partial charge in [-0.2, -0.15) is 0 Å². The van der Waals surface area contributed by atoms with E-state index >= 15 is 0 Å². The smallest absolute Gasteiger partial charge is 0.0899 e.